The molecule has 0 heterocycles. The molecule has 2 radical (unpaired) electrons. The first-order valence-electron chi connectivity index (χ1n) is 20.1. The summed E-state index contributed by atoms with van der Waals surface area (Å²) in [5, 5.41) is 10.8. The molecule has 8 aromatic rings. The van der Waals surface area contributed by atoms with Crippen LogP contribution in [-0.4, -0.2) is 6.88 Å². The Morgan fingerprint density at radius 2 is 0.862 bits per heavy atom. The van der Waals surface area contributed by atoms with Crippen molar-refractivity contribution < 1.29 is 23.3 Å². The molecule has 2 fully saturated rings. The molecular weight excluding hydrogens is 839 g/mol. The fourth-order valence-corrected chi connectivity index (χ4v) is 9.55. The second-order valence-electron chi connectivity index (χ2n) is 16.2. The molecule has 0 aliphatic heterocycles. The molecule has 0 unspecified atom stereocenters. The fraction of sp³-hybridized carbons (Fsp3) is 0.259. The average molecular weight is 897 g/mol. The van der Waals surface area contributed by atoms with Crippen molar-refractivity contribution in [1.29, 1.82) is 0 Å². The first kappa shape index (κ1) is 47.4. The summed E-state index contributed by atoms with van der Waals surface area (Å²) >= 11 is 1.36. The van der Waals surface area contributed by atoms with E-state index in [0.717, 1.165) is 0 Å². The number of rotatable bonds is 8. The number of fused-ring (bicyclic) bond motifs is 4. The fourth-order valence-electron chi connectivity index (χ4n) is 9.55. The van der Waals surface area contributed by atoms with E-state index < -0.39 is 0 Å². The van der Waals surface area contributed by atoms with Gasteiger partial charge in [-0.15, -0.1) is 93.9 Å². The maximum absolute atomic E-state index is 3.06. The number of hydrogen-bond acceptors (Lipinski definition) is 0. The predicted octanol–water partition coefficient (Wildman–Crippen LogP) is 16.4. The molecule has 0 aromatic heterocycles. The van der Waals surface area contributed by atoms with Crippen LogP contribution in [0.5, 0.6) is 0 Å². The van der Waals surface area contributed by atoms with Crippen LogP contribution >= 0.6 is 24.8 Å². The van der Waals surface area contributed by atoms with Crippen LogP contribution in [0, 0.1) is 25.7 Å². The van der Waals surface area contributed by atoms with Gasteiger partial charge in [0, 0.05) is 0 Å². The van der Waals surface area contributed by atoms with E-state index in [9.17, 15) is 0 Å². The van der Waals surface area contributed by atoms with Crippen LogP contribution in [0.4, 0.5) is 0 Å². The van der Waals surface area contributed by atoms with Gasteiger partial charge < -0.3 is 14.9 Å². The van der Waals surface area contributed by atoms with Crippen molar-refractivity contribution in [3.8, 4) is 22.3 Å². The molecule has 0 spiro atoms. The summed E-state index contributed by atoms with van der Waals surface area (Å²) in [5.74, 6) is 0. The quantitative estimate of drug-likeness (QED) is 0.105. The molecule has 2 aliphatic rings. The molecule has 0 nitrogen and oxygen atoms in total. The van der Waals surface area contributed by atoms with Gasteiger partial charge in [0.05, 0.1) is 0 Å². The van der Waals surface area contributed by atoms with Crippen LogP contribution in [0.3, 0.4) is 0 Å². The molecule has 0 atom stereocenters. The normalized spacial score (nSPS) is 14.4. The molecular formula is C54H58Cl2SiZr-4. The summed E-state index contributed by atoms with van der Waals surface area (Å²) in [6.45, 7) is 7.79. The number of hydrogen-bond donors (Lipinski definition) is 0. The topological polar surface area (TPSA) is 0 Å². The Hall–Kier alpha value is -3.26. The summed E-state index contributed by atoms with van der Waals surface area (Å²) in [6, 6.07) is 54.2. The third kappa shape index (κ3) is 9.68. The Morgan fingerprint density at radius 1 is 0.483 bits per heavy atom. The maximum atomic E-state index is 3.06. The molecule has 2 saturated carbocycles. The van der Waals surface area contributed by atoms with Crippen molar-refractivity contribution in [2.45, 2.75) is 78.1 Å². The average Bonchev–Trinajstić information content (AvgIpc) is 3.81. The van der Waals surface area contributed by atoms with Gasteiger partial charge in [-0.2, -0.15) is 12.1 Å². The van der Waals surface area contributed by atoms with Gasteiger partial charge in [-0.05, 0) is 94.2 Å². The molecule has 0 amide bonds. The molecule has 2 aliphatic carbocycles. The van der Waals surface area contributed by atoms with Gasteiger partial charge in [0.15, 0.2) is 0 Å². The molecule has 58 heavy (non-hydrogen) atoms. The van der Waals surface area contributed by atoms with Crippen molar-refractivity contribution in [1.82, 2.24) is 0 Å². The molecule has 0 saturated heterocycles. The zero-order valence-corrected chi connectivity index (χ0v) is 39.8. The van der Waals surface area contributed by atoms with E-state index in [1.54, 1.807) is 0 Å². The van der Waals surface area contributed by atoms with Crippen molar-refractivity contribution in [2.24, 2.45) is 10.8 Å². The monoisotopic (exact) mass is 894 g/mol. The Kier molecular flexibility index (Phi) is 17.0. The number of halogens is 2. The van der Waals surface area contributed by atoms with Crippen LogP contribution in [0.15, 0.2) is 146 Å². The minimum absolute atomic E-state index is 0. The van der Waals surface area contributed by atoms with Crippen molar-refractivity contribution in [3.05, 3.63) is 172 Å². The van der Waals surface area contributed by atoms with Gasteiger partial charge in [0.25, 0.3) is 0 Å². The van der Waals surface area contributed by atoms with Gasteiger partial charge in [0.1, 0.15) is 0 Å². The Morgan fingerprint density at radius 3 is 1.21 bits per heavy atom. The summed E-state index contributed by atoms with van der Waals surface area (Å²) in [6.07, 6.45) is 13.6. The van der Waals surface area contributed by atoms with E-state index in [0.29, 0.717) is 10.8 Å². The van der Waals surface area contributed by atoms with E-state index in [1.807, 2.05) is 0 Å². The zero-order chi connectivity index (χ0) is 37.1. The van der Waals surface area contributed by atoms with Crippen molar-refractivity contribution in [3.63, 3.8) is 0 Å². The molecule has 8 aromatic carbocycles. The number of benzene rings is 6. The van der Waals surface area contributed by atoms with Gasteiger partial charge in [0.2, 0.25) is 0 Å². The Labute approximate surface area is 378 Å². The Bertz CT molecular complexity index is 2360. The van der Waals surface area contributed by atoms with Gasteiger partial charge in [-0.1, -0.05) is 136 Å². The van der Waals surface area contributed by atoms with Crippen molar-refractivity contribution in [2.75, 3.05) is 0 Å². The molecule has 0 bridgehead atoms. The molecule has 0 N–H and O–H groups in total. The summed E-state index contributed by atoms with van der Waals surface area (Å²) in [5.41, 5.74) is 9.56. The third-order valence-corrected chi connectivity index (χ3v) is 13.2. The van der Waals surface area contributed by atoms with Gasteiger partial charge in [-0.3, -0.25) is 0 Å². The SMILES string of the molecule is CCC1(Cc2cc3c(-c4ccc5ccccc5c4)cccc3[cH-]2)CCC1.CCC1(Cc2cc3c(-c4ccc5ccccc5c4)cccc3[cH-]2)CCC1.Cl.Cl.[CH3-].[CH3-].[Si]=[Zr]. The minimum atomic E-state index is 0. The van der Waals surface area contributed by atoms with E-state index in [4.69, 9.17) is 0 Å². The summed E-state index contributed by atoms with van der Waals surface area (Å²) in [4.78, 5) is 0. The molecule has 300 valence electrons. The van der Waals surface area contributed by atoms with Crippen LogP contribution < -0.4 is 0 Å². The van der Waals surface area contributed by atoms with E-state index in [-0.39, 0.29) is 39.7 Å². The summed E-state index contributed by atoms with van der Waals surface area (Å²) < 4.78 is 0. The van der Waals surface area contributed by atoms with Crippen LogP contribution in [0.1, 0.15) is 76.3 Å². The third-order valence-electron chi connectivity index (χ3n) is 13.2. The molecule has 10 rings (SSSR count). The first-order valence-corrected chi connectivity index (χ1v) is 24.3. The second kappa shape index (κ2) is 20.8. The first-order chi connectivity index (χ1) is 26.5. The zero-order valence-electron chi connectivity index (χ0n) is 34.7. The van der Waals surface area contributed by atoms with E-state index in [1.165, 1.54) is 164 Å². The summed E-state index contributed by atoms with van der Waals surface area (Å²) in [7, 11) is 0. The van der Waals surface area contributed by atoms with Crippen LogP contribution in [0.2, 0.25) is 0 Å². The van der Waals surface area contributed by atoms with Crippen LogP contribution in [0.25, 0.3) is 65.3 Å². The molecule has 4 heteroatoms. The van der Waals surface area contributed by atoms with Crippen molar-refractivity contribution >= 4 is 74.8 Å². The Balaban J connectivity index is 0.000000231. The van der Waals surface area contributed by atoms with Crippen LogP contribution in [-0.2, 0) is 36.2 Å². The van der Waals surface area contributed by atoms with E-state index >= 15 is 0 Å². The van der Waals surface area contributed by atoms with E-state index in [2.05, 4.69) is 166 Å². The standard InChI is InChI=1S/2C26H25.2CH3.2ClH.Si.Zr/c2*1-2-26(13-6-14-26)18-19-15-22-9-5-10-24(25(22)16-19)23-12-11-20-7-3-4-8-21(20)17-23;;;;;;/h2*3-5,7-12,15-17H,2,6,13-14,18H2,1H3;2*1H3;2*1H;;/q4*-1;;;;. The van der Waals surface area contributed by atoms with Gasteiger partial charge in [-0.25, -0.2) is 0 Å². The second-order valence-corrected chi connectivity index (χ2v) is 16.2. The predicted molar refractivity (Wildman–Crippen MR) is 259 cm³/mol. The van der Waals surface area contributed by atoms with Gasteiger partial charge >= 0.3 is 30.2 Å².